The number of aromatic nitrogens is 3. The molecule has 22 heavy (non-hydrogen) atoms. The first-order valence-electron chi connectivity index (χ1n) is 7.01. The van der Waals surface area contributed by atoms with Gasteiger partial charge >= 0.3 is 0 Å². The van der Waals surface area contributed by atoms with Crippen LogP contribution >= 0.6 is 23.1 Å². The number of fused-ring (bicyclic) bond motifs is 1. The van der Waals surface area contributed by atoms with Gasteiger partial charge in [-0.25, -0.2) is 4.98 Å². The Morgan fingerprint density at radius 1 is 1.32 bits per heavy atom. The van der Waals surface area contributed by atoms with Crippen LogP contribution in [0.5, 0.6) is 0 Å². The number of rotatable bonds is 5. The molecule has 0 aliphatic carbocycles. The first kappa shape index (κ1) is 15.1. The lowest BCUT2D eigenvalue weighted by atomic mass is 10.1. The van der Waals surface area contributed by atoms with Crippen LogP contribution in [0.2, 0.25) is 0 Å². The quantitative estimate of drug-likeness (QED) is 0.725. The van der Waals surface area contributed by atoms with E-state index in [0.717, 1.165) is 5.75 Å². The molecular weight excluding hydrogens is 316 g/mol. The summed E-state index contributed by atoms with van der Waals surface area (Å²) in [6.07, 6.45) is 1.51. The van der Waals surface area contributed by atoms with Crippen molar-refractivity contribution in [2.24, 2.45) is 0 Å². The van der Waals surface area contributed by atoms with Crippen LogP contribution in [0.3, 0.4) is 0 Å². The molecule has 0 fully saturated rings. The molecule has 3 aromatic rings. The molecule has 2 heterocycles. The van der Waals surface area contributed by atoms with Crippen molar-refractivity contribution in [3.63, 3.8) is 0 Å². The minimum atomic E-state index is -0.164. The summed E-state index contributed by atoms with van der Waals surface area (Å²) in [5.41, 5.74) is 1.02. The summed E-state index contributed by atoms with van der Waals surface area (Å²) in [5, 5.41) is 8.29. The normalized spacial score (nSPS) is 12.5. The molecular formula is C15H16N4OS2. The lowest BCUT2D eigenvalue weighted by molar-refractivity contribution is 0.847. The Hall–Kier alpha value is -1.86. The van der Waals surface area contributed by atoms with Gasteiger partial charge in [-0.1, -0.05) is 30.4 Å². The number of nitrogens with zero attached hydrogens (tertiary/aromatic N) is 3. The van der Waals surface area contributed by atoms with Gasteiger partial charge in [-0.05, 0) is 30.4 Å². The maximum atomic E-state index is 11.7. The van der Waals surface area contributed by atoms with Crippen LogP contribution in [0.4, 0.5) is 5.13 Å². The van der Waals surface area contributed by atoms with Crippen molar-refractivity contribution in [2.45, 2.75) is 24.8 Å². The van der Waals surface area contributed by atoms with E-state index >= 15 is 0 Å². The van der Waals surface area contributed by atoms with E-state index in [4.69, 9.17) is 0 Å². The van der Waals surface area contributed by atoms with E-state index in [1.165, 1.54) is 38.6 Å². The van der Waals surface area contributed by atoms with Gasteiger partial charge in [0.2, 0.25) is 10.1 Å². The summed E-state index contributed by atoms with van der Waals surface area (Å²) in [5.74, 6) is 1.07. The van der Waals surface area contributed by atoms with Crippen LogP contribution in [0.25, 0.3) is 4.96 Å². The number of nitrogens with one attached hydrogen (secondary N) is 1. The zero-order valence-electron chi connectivity index (χ0n) is 12.3. The van der Waals surface area contributed by atoms with Crippen LogP contribution in [-0.2, 0) is 0 Å². The topological polar surface area (TPSA) is 59.3 Å². The largest absolute Gasteiger partial charge is 0.354 e. The maximum absolute atomic E-state index is 11.7. The van der Waals surface area contributed by atoms with Crippen LogP contribution < -0.4 is 10.9 Å². The van der Waals surface area contributed by atoms with Gasteiger partial charge in [-0.3, -0.25) is 4.79 Å². The standard InChI is InChI=1S/C15H16N4OS2/c1-3-21-12-6-4-11(5-7-12)10(2)17-14-18-19-13(20)8-9-16-15(19)22-14/h4-10H,3H2,1-2H3,(H,17,18). The average Bonchev–Trinajstić information content (AvgIpc) is 2.92. The Kier molecular flexibility index (Phi) is 4.44. The van der Waals surface area contributed by atoms with Crippen molar-refractivity contribution in [3.8, 4) is 0 Å². The molecule has 0 aliphatic heterocycles. The molecule has 0 aliphatic rings. The minimum Gasteiger partial charge on any atom is -0.354 e. The molecule has 0 saturated carbocycles. The van der Waals surface area contributed by atoms with Crippen molar-refractivity contribution < 1.29 is 0 Å². The van der Waals surface area contributed by atoms with Gasteiger partial charge < -0.3 is 5.32 Å². The number of thioether (sulfide) groups is 1. The van der Waals surface area contributed by atoms with Crippen molar-refractivity contribution in [1.82, 2.24) is 14.6 Å². The lowest BCUT2D eigenvalue weighted by Crippen LogP contribution is -2.13. The molecule has 1 atom stereocenters. The molecule has 0 bridgehead atoms. The fourth-order valence-electron chi connectivity index (χ4n) is 2.09. The highest BCUT2D eigenvalue weighted by Gasteiger charge is 2.10. The summed E-state index contributed by atoms with van der Waals surface area (Å²) in [4.78, 5) is 17.7. The van der Waals surface area contributed by atoms with Crippen molar-refractivity contribution >= 4 is 33.2 Å². The average molecular weight is 332 g/mol. The highest BCUT2D eigenvalue weighted by atomic mass is 32.2. The van der Waals surface area contributed by atoms with Crippen LogP contribution in [-0.4, -0.2) is 20.4 Å². The second kappa shape index (κ2) is 6.50. The predicted molar refractivity (Wildman–Crippen MR) is 92.0 cm³/mol. The van der Waals surface area contributed by atoms with Gasteiger partial charge in [0, 0.05) is 17.2 Å². The number of anilines is 1. The van der Waals surface area contributed by atoms with Gasteiger partial charge in [0.25, 0.3) is 5.56 Å². The van der Waals surface area contributed by atoms with Gasteiger partial charge in [-0.15, -0.1) is 16.9 Å². The molecule has 1 unspecified atom stereocenters. The lowest BCUT2D eigenvalue weighted by Gasteiger charge is -2.13. The molecule has 7 heteroatoms. The zero-order chi connectivity index (χ0) is 15.5. The van der Waals surface area contributed by atoms with Gasteiger partial charge in [0.05, 0.1) is 6.04 Å². The van der Waals surface area contributed by atoms with Gasteiger partial charge in [-0.2, -0.15) is 4.52 Å². The summed E-state index contributed by atoms with van der Waals surface area (Å²) >= 11 is 3.20. The molecule has 0 spiro atoms. The molecule has 2 aromatic heterocycles. The molecule has 3 rings (SSSR count). The van der Waals surface area contributed by atoms with Crippen LogP contribution in [0.15, 0.2) is 46.2 Å². The molecule has 0 saturated heterocycles. The molecule has 1 N–H and O–H groups in total. The molecule has 0 amide bonds. The third kappa shape index (κ3) is 3.15. The smallest absolute Gasteiger partial charge is 0.275 e. The van der Waals surface area contributed by atoms with E-state index in [1.54, 1.807) is 0 Å². The second-order valence-electron chi connectivity index (χ2n) is 4.75. The Labute approximate surface area is 136 Å². The summed E-state index contributed by atoms with van der Waals surface area (Å²) < 4.78 is 1.32. The summed E-state index contributed by atoms with van der Waals surface area (Å²) in [6.45, 7) is 4.22. The molecule has 1 aromatic carbocycles. The Balaban J connectivity index is 1.78. The highest BCUT2D eigenvalue weighted by Crippen LogP contribution is 2.25. The molecule has 5 nitrogen and oxygen atoms in total. The van der Waals surface area contributed by atoms with Crippen molar-refractivity contribution in [3.05, 3.63) is 52.4 Å². The Morgan fingerprint density at radius 2 is 2.09 bits per heavy atom. The third-order valence-electron chi connectivity index (χ3n) is 3.20. The summed E-state index contributed by atoms with van der Waals surface area (Å²) in [6, 6.07) is 10.0. The van der Waals surface area contributed by atoms with E-state index < -0.39 is 0 Å². The second-order valence-corrected chi connectivity index (χ2v) is 7.05. The predicted octanol–water partition coefficient (Wildman–Crippen LogP) is 3.44. The van der Waals surface area contributed by atoms with Crippen LogP contribution in [0, 0.1) is 0 Å². The molecule has 0 radical (unpaired) electrons. The van der Waals surface area contributed by atoms with Gasteiger partial charge in [0.15, 0.2) is 0 Å². The minimum absolute atomic E-state index is 0.108. The monoisotopic (exact) mass is 332 g/mol. The zero-order valence-corrected chi connectivity index (χ0v) is 13.9. The van der Waals surface area contributed by atoms with E-state index in [9.17, 15) is 4.79 Å². The van der Waals surface area contributed by atoms with E-state index in [1.807, 2.05) is 11.8 Å². The fourth-order valence-corrected chi connectivity index (χ4v) is 3.61. The van der Waals surface area contributed by atoms with Crippen LogP contribution in [0.1, 0.15) is 25.5 Å². The van der Waals surface area contributed by atoms with E-state index in [-0.39, 0.29) is 11.6 Å². The third-order valence-corrected chi connectivity index (χ3v) is 4.95. The number of benzene rings is 1. The Bertz CT molecular complexity index is 825. The number of hydrogen-bond donors (Lipinski definition) is 1. The first-order chi connectivity index (χ1) is 10.7. The maximum Gasteiger partial charge on any atom is 0.275 e. The summed E-state index contributed by atoms with van der Waals surface area (Å²) in [7, 11) is 0. The Morgan fingerprint density at radius 3 is 2.77 bits per heavy atom. The SMILES string of the molecule is CCSc1ccc(C(C)Nc2nn3c(=O)ccnc3s2)cc1. The number of hydrogen-bond acceptors (Lipinski definition) is 6. The molecule has 114 valence electrons. The van der Waals surface area contributed by atoms with Gasteiger partial charge in [0.1, 0.15) is 0 Å². The van der Waals surface area contributed by atoms with E-state index in [2.05, 4.69) is 53.5 Å². The fraction of sp³-hybridized carbons (Fsp3) is 0.267. The highest BCUT2D eigenvalue weighted by molar-refractivity contribution is 7.99. The first-order valence-corrected chi connectivity index (χ1v) is 8.82. The van der Waals surface area contributed by atoms with Crippen molar-refractivity contribution in [2.75, 3.05) is 11.1 Å². The van der Waals surface area contributed by atoms with Crippen molar-refractivity contribution in [1.29, 1.82) is 0 Å². The van der Waals surface area contributed by atoms with E-state index in [0.29, 0.717) is 10.1 Å².